The molecule has 1 rings (SSSR count). The van der Waals surface area contributed by atoms with Crippen molar-refractivity contribution in [3.8, 4) is 5.75 Å². The Balaban J connectivity index is 2.60. The van der Waals surface area contributed by atoms with Gasteiger partial charge in [-0.3, -0.25) is 4.79 Å². The van der Waals surface area contributed by atoms with Crippen molar-refractivity contribution in [2.45, 2.75) is 32.1 Å². The van der Waals surface area contributed by atoms with E-state index in [-0.39, 0.29) is 16.7 Å². The van der Waals surface area contributed by atoms with Crippen molar-refractivity contribution in [3.63, 3.8) is 0 Å². The summed E-state index contributed by atoms with van der Waals surface area (Å²) in [4.78, 5) is 11.8. The Labute approximate surface area is 117 Å². The Morgan fingerprint density at radius 1 is 1.42 bits per heavy atom. The molecule has 0 spiro atoms. The molecule has 0 fully saturated rings. The van der Waals surface area contributed by atoms with Gasteiger partial charge in [0, 0.05) is 12.6 Å². The Morgan fingerprint density at radius 2 is 2.05 bits per heavy atom. The smallest absolute Gasteiger partial charge is 0.254 e. The molecule has 0 saturated heterocycles. The third-order valence-electron chi connectivity index (χ3n) is 3.22. The summed E-state index contributed by atoms with van der Waals surface area (Å²) in [6, 6.07) is 3.44. The van der Waals surface area contributed by atoms with Gasteiger partial charge in [-0.1, -0.05) is 26.7 Å². The second kappa shape index (κ2) is 7.34. The summed E-state index contributed by atoms with van der Waals surface area (Å²) in [5, 5.41) is 11.5. The summed E-state index contributed by atoms with van der Waals surface area (Å²) in [7, 11) is 0. The Kier molecular flexibility index (Phi) is 6.09. The fourth-order valence-electron chi connectivity index (χ4n) is 1.94. The summed E-state index contributed by atoms with van der Waals surface area (Å²) in [6.45, 7) is 4.39. The predicted molar refractivity (Wildman–Crippen MR) is 74.1 cm³/mol. The molecular formula is C14H19ClFNO2. The minimum atomic E-state index is -0.744. The van der Waals surface area contributed by atoms with Crippen LogP contribution in [0.15, 0.2) is 18.2 Å². The number of carbonyl (C=O) groups excluding carboxylic acids is 1. The van der Waals surface area contributed by atoms with Gasteiger partial charge >= 0.3 is 0 Å². The molecule has 0 aliphatic heterocycles. The van der Waals surface area contributed by atoms with Gasteiger partial charge in [-0.25, -0.2) is 4.39 Å². The van der Waals surface area contributed by atoms with Crippen LogP contribution in [0.5, 0.6) is 5.75 Å². The lowest BCUT2D eigenvalue weighted by Crippen LogP contribution is -2.33. The van der Waals surface area contributed by atoms with E-state index in [1.165, 1.54) is 12.1 Å². The van der Waals surface area contributed by atoms with Crippen molar-refractivity contribution in [2.24, 2.45) is 5.92 Å². The molecule has 5 heteroatoms. The quantitative estimate of drug-likeness (QED) is 0.789. The highest BCUT2D eigenvalue weighted by atomic mass is 35.5. The summed E-state index contributed by atoms with van der Waals surface area (Å²) >= 11 is 6.20. The second-order valence-corrected chi connectivity index (χ2v) is 5.03. The summed E-state index contributed by atoms with van der Waals surface area (Å²) in [6.07, 6.45) is 1.88. The van der Waals surface area contributed by atoms with Gasteiger partial charge in [-0.05, 0) is 18.1 Å². The lowest BCUT2D eigenvalue weighted by Gasteiger charge is -2.19. The molecule has 0 saturated carbocycles. The molecule has 0 radical (unpaired) electrons. The van der Waals surface area contributed by atoms with E-state index in [1.807, 2.05) is 13.8 Å². The molecule has 0 bridgehead atoms. The van der Waals surface area contributed by atoms with Gasteiger partial charge < -0.3 is 10.4 Å². The van der Waals surface area contributed by atoms with Crippen LogP contribution in [0.25, 0.3) is 0 Å². The molecule has 106 valence electrons. The molecule has 0 aliphatic rings. The molecule has 3 nitrogen and oxygen atoms in total. The Bertz CT molecular complexity index is 435. The summed E-state index contributed by atoms with van der Waals surface area (Å²) < 4.78 is 13.5. The molecule has 2 N–H and O–H groups in total. The van der Waals surface area contributed by atoms with Gasteiger partial charge in [0.05, 0.1) is 10.9 Å². The average Bonchev–Trinajstić information content (AvgIpc) is 2.37. The zero-order chi connectivity index (χ0) is 14.4. The van der Waals surface area contributed by atoms with Crippen molar-refractivity contribution in [1.82, 2.24) is 5.32 Å². The Hall–Kier alpha value is -1.29. The highest BCUT2D eigenvalue weighted by Crippen LogP contribution is 2.18. The van der Waals surface area contributed by atoms with E-state index in [0.717, 1.165) is 18.9 Å². The van der Waals surface area contributed by atoms with Crippen LogP contribution in [0.3, 0.4) is 0 Å². The van der Waals surface area contributed by atoms with Gasteiger partial charge in [-0.15, -0.1) is 11.6 Å². The number of benzene rings is 1. The van der Waals surface area contributed by atoms with E-state index in [1.54, 1.807) is 0 Å². The van der Waals surface area contributed by atoms with E-state index in [9.17, 15) is 9.18 Å². The third-order valence-corrected chi connectivity index (χ3v) is 3.73. The topological polar surface area (TPSA) is 49.3 Å². The average molecular weight is 288 g/mol. The van der Waals surface area contributed by atoms with Gasteiger partial charge in [0.15, 0.2) is 0 Å². The summed E-state index contributed by atoms with van der Waals surface area (Å²) in [5.74, 6) is -1.15. The zero-order valence-corrected chi connectivity index (χ0v) is 11.9. The maximum absolute atomic E-state index is 13.5. The lowest BCUT2D eigenvalue weighted by molar-refractivity contribution is 0.0947. The number of hydrogen-bond donors (Lipinski definition) is 2. The fourth-order valence-corrected chi connectivity index (χ4v) is 2.37. The molecule has 1 aromatic carbocycles. The lowest BCUT2D eigenvalue weighted by atomic mass is 9.99. The van der Waals surface area contributed by atoms with Crippen LogP contribution < -0.4 is 5.32 Å². The largest absolute Gasteiger partial charge is 0.508 e. The van der Waals surface area contributed by atoms with Gasteiger partial charge in [0.1, 0.15) is 11.6 Å². The van der Waals surface area contributed by atoms with Crippen molar-refractivity contribution in [3.05, 3.63) is 29.6 Å². The molecule has 1 amide bonds. The maximum atomic E-state index is 13.5. The van der Waals surface area contributed by atoms with Gasteiger partial charge in [-0.2, -0.15) is 0 Å². The predicted octanol–water partition coefficient (Wildman–Crippen LogP) is 3.30. The number of alkyl halides is 1. The minimum Gasteiger partial charge on any atom is -0.508 e. The van der Waals surface area contributed by atoms with Crippen LogP contribution in [0.4, 0.5) is 4.39 Å². The normalized spacial score (nSPS) is 12.5. The number of aromatic hydroxyl groups is 1. The number of carbonyl (C=O) groups is 1. The first-order valence-electron chi connectivity index (χ1n) is 6.40. The monoisotopic (exact) mass is 287 g/mol. The number of phenolic OH excluding ortho intramolecular Hbond substituents is 1. The molecule has 19 heavy (non-hydrogen) atoms. The highest BCUT2D eigenvalue weighted by Gasteiger charge is 2.18. The number of halogens is 2. The van der Waals surface area contributed by atoms with Crippen molar-refractivity contribution in [2.75, 3.05) is 6.54 Å². The number of nitrogens with one attached hydrogen (secondary N) is 1. The van der Waals surface area contributed by atoms with E-state index < -0.39 is 11.7 Å². The molecule has 0 aliphatic carbocycles. The molecule has 1 atom stereocenters. The van der Waals surface area contributed by atoms with Crippen molar-refractivity contribution >= 4 is 17.5 Å². The van der Waals surface area contributed by atoms with E-state index >= 15 is 0 Å². The molecule has 1 aromatic rings. The maximum Gasteiger partial charge on any atom is 0.254 e. The number of phenols is 1. The molecule has 1 unspecified atom stereocenters. The van der Waals surface area contributed by atoms with Crippen molar-refractivity contribution in [1.29, 1.82) is 0 Å². The molecule has 0 aromatic heterocycles. The van der Waals surface area contributed by atoms with Crippen LogP contribution in [0, 0.1) is 11.7 Å². The first-order chi connectivity index (χ1) is 8.99. The second-order valence-electron chi connectivity index (χ2n) is 4.47. The van der Waals surface area contributed by atoms with E-state index in [4.69, 9.17) is 16.7 Å². The molecule has 0 heterocycles. The first-order valence-corrected chi connectivity index (χ1v) is 6.84. The highest BCUT2D eigenvalue weighted by molar-refractivity contribution is 6.21. The van der Waals surface area contributed by atoms with Crippen molar-refractivity contribution < 1.29 is 14.3 Å². The number of rotatable bonds is 6. The standard InChI is InChI=1S/C14H19ClFNO2/c1-3-9(4-2)12(15)8-17-14(19)11-6-5-10(18)7-13(11)16/h5-7,9,12,18H,3-4,8H2,1-2H3,(H,17,19). The van der Waals surface area contributed by atoms with Gasteiger partial charge in [0.2, 0.25) is 0 Å². The third kappa shape index (κ3) is 4.39. The van der Waals surface area contributed by atoms with Crippen LogP contribution in [0.1, 0.15) is 37.0 Å². The SMILES string of the molecule is CCC(CC)C(Cl)CNC(=O)c1ccc(O)cc1F. The minimum absolute atomic E-state index is 0.0915. The number of hydrogen-bond acceptors (Lipinski definition) is 2. The van der Waals surface area contributed by atoms with Crippen LogP contribution >= 0.6 is 11.6 Å². The fraction of sp³-hybridized carbons (Fsp3) is 0.500. The van der Waals surface area contributed by atoms with Crippen LogP contribution in [-0.4, -0.2) is 22.9 Å². The molecular weight excluding hydrogens is 269 g/mol. The van der Waals surface area contributed by atoms with Gasteiger partial charge in [0.25, 0.3) is 5.91 Å². The number of amides is 1. The summed E-state index contributed by atoms with van der Waals surface area (Å²) in [5.41, 5.74) is -0.0915. The zero-order valence-electron chi connectivity index (χ0n) is 11.1. The first kappa shape index (κ1) is 15.8. The Morgan fingerprint density at radius 3 is 2.58 bits per heavy atom. The van der Waals surface area contributed by atoms with Crippen LogP contribution in [-0.2, 0) is 0 Å². The van der Waals surface area contributed by atoms with Crippen LogP contribution in [0.2, 0.25) is 0 Å². The van der Waals surface area contributed by atoms with E-state index in [2.05, 4.69) is 5.32 Å². The van der Waals surface area contributed by atoms with E-state index in [0.29, 0.717) is 12.5 Å².